The van der Waals surface area contributed by atoms with Gasteiger partial charge in [0.15, 0.2) is 0 Å². The summed E-state index contributed by atoms with van der Waals surface area (Å²) < 4.78 is 26.9. The van der Waals surface area contributed by atoms with Gasteiger partial charge in [-0.25, -0.2) is 8.42 Å². The number of hydrogen-bond acceptors (Lipinski definition) is 4. The highest BCUT2D eigenvalue weighted by Crippen LogP contribution is 2.25. The van der Waals surface area contributed by atoms with Gasteiger partial charge in [-0.15, -0.1) is 0 Å². The van der Waals surface area contributed by atoms with Crippen LogP contribution in [-0.4, -0.2) is 43.2 Å². The predicted molar refractivity (Wildman–Crippen MR) is 105 cm³/mol. The van der Waals surface area contributed by atoms with Crippen molar-refractivity contribution in [1.29, 1.82) is 5.26 Å². The van der Waals surface area contributed by atoms with Crippen LogP contribution < -0.4 is 0 Å². The van der Waals surface area contributed by atoms with E-state index >= 15 is 0 Å². The van der Waals surface area contributed by atoms with Crippen LogP contribution in [0.15, 0.2) is 65.6 Å². The van der Waals surface area contributed by atoms with E-state index in [0.29, 0.717) is 32.5 Å². The van der Waals surface area contributed by atoms with Crippen molar-refractivity contribution in [3.63, 3.8) is 0 Å². The first-order chi connectivity index (χ1) is 13.5. The number of carbonyl (C=O) groups excluding carboxylic acids is 1. The molecule has 0 aliphatic carbocycles. The Hall–Kier alpha value is -2.69. The lowest BCUT2D eigenvalue weighted by Gasteiger charge is -2.33. The highest BCUT2D eigenvalue weighted by atomic mass is 32.2. The van der Waals surface area contributed by atoms with E-state index in [1.807, 2.05) is 30.3 Å². The summed E-state index contributed by atoms with van der Waals surface area (Å²) in [6.07, 6.45) is 0.920. The SMILES string of the molecule is N#CCN(Cc1ccccc1)C(=O)C1CCN(S(=O)(=O)c2ccccc2)CC1. The number of nitrogens with zero attached hydrogens (tertiary/aromatic N) is 3. The van der Waals surface area contributed by atoms with Crippen LogP contribution in [0.4, 0.5) is 0 Å². The fourth-order valence-corrected chi connectivity index (χ4v) is 4.93. The van der Waals surface area contributed by atoms with Crippen LogP contribution in [0.25, 0.3) is 0 Å². The first-order valence-corrected chi connectivity index (χ1v) is 10.7. The molecule has 2 aromatic rings. The average molecular weight is 398 g/mol. The second-order valence-electron chi connectivity index (χ2n) is 6.83. The molecule has 28 heavy (non-hydrogen) atoms. The summed E-state index contributed by atoms with van der Waals surface area (Å²) in [6.45, 7) is 1.02. The topological polar surface area (TPSA) is 81.5 Å². The number of sulfonamides is 1. The van der Waals surface area contributed by atoms with Crippen molar-refractivity contribution >= 4 is 15.9 Å². The second-order valence-corrected chi connectivity index (χ2v) is 8.77. The van der Waals surface area contributed by atoms with Gasteiger partial charge in [-0.2, -0.15) is 9.57 Å². The molecule has 0 radical (unpaired) electrons. The Labute approximate surface area is 166 Å². The summed E-state index contributed by atoms with van der Waals surface area (Å²) in [5, 5.41) is 9.11. The summed E-state index contributed by atoms with van der Waals surface area (Å²) in [5.74, 6) is -0.346. The number of carbonyl (C=O) groups is 1. The Morgan fingerprint density at radius 2 is 1.61 bits per heavy atom. The maximum absolute atomic E-state index is 12.9. The van der Waals surface area contributed by atoms with E-state index in [1.165, 1.54) is 4.31 Å². The Balaban J connectivity index is 1.64. The van der Waals surface area contributed by atoms with E-state index in [1.54, 1.807) is 35.2 Å². The third-order valence-electron chi connectivity index (χ3n) is 4.97. The summed E-state index contributed by atoms with van der Waals surface area (Å²) in [7, 11) is -3.53. The molecule has 1 heterocycles. The predicted octanol–water partition coefficient (Wildman–Crippen LogP) is 2.64. The van der Waals surface area contributed by atoms with Gasteiger partial charge in [0.2, 0.25) is 15.9 Å². The van der Waals surface area contributed by atoms with Gasteiger partial charge >= 0.3 is 0 Å². The number of piperidine rings is 1. The van der Waals surface area contributed by atoms with Crippen LogP contribution in [0.2, 0.25) is 0 Å². The molecule has 1 fully saturated rings. The van der Waals surface area contributed by atoms with Crippen molar-refractivity contribution in [3.05, 3.63) is 66.2 Å². The fraction of sp³-hybridized carbons (Fsp3) is 0.333. The Kier molecular flexibility index (Phi) is 6.45. The minimum atomic E-state index is -3.53. The molecule has 0 aromatic heterocycles. The third kappa shape index (κ3) is 4.58. The molecule has 0 bridgehead atoms. The van der Waals surface area contributed by atoms with Crippen LogP contribution >= 0.6 is 0 Å². The van der Waals surface area contributed by atoms with Crippen molar-refractivity contribution in [2.75, 3.05) is 19.6 Å². The minimum absolute atomic E-state index is 0.0241. The molecule has 146 valence electrons. The molecule has 0 N–H and O–H groups in total. The van der Waals surface area contributed by atoms with Gasteiger partial charge in [0.05, 0.1) is 11.0 Å². The molecule has 6 nitrogen and oxygen atoms in total. The fourth-order valence-electron chi connectivity index (χ4n) is 3.44. The smallest absolute Gasteiger partial charge is 0.243 e. The van der Waals surface area contributed by atoms with Crippen molar-refractivity contribution in [3.8, 4) is 6.07 Å². The number of benzene rings is 2. The van der Waals surface area contributed by atoms with E-state index in [2.05, 4.69) is 6.07 Å². The van der Waals surface area contributed by atoms with Crippen molar-refractivity contribution < 1.29 is 13.2 Å². The van der Waals surface area contributed by atoms with E-state index in [4.69, 9.17) is 5.26 Å². The molecule has 7 heteroatoms. The molecule has 0 spiro atoms. The van der Waals surface area contributed by atoms with Crippen LogP contribution in [-0.2, 0) is 21.4 Å². The molecule has 0 unspecified atom stereocenters. The quantitative estimate of drug-likeness (QED) is 0.702. The average Bonchev–Trinajstić information content (AvgIpc) is 2.74. The van der Waals surface area contributed by atoms with Gasteiger partial charge in [0.1, 0.15) is 6.54 Å². The molecule has 0 atom stereocenters. The number of nitriles is 1. The second kappa shape index (κ2) is 9.00. The van der Waals surface area contributed by atoms with Gasteiger partial charge < -0.3 is 4.90 Å². The third-order valence-corrected chi connectivity index (χ3v) is 6.89. The minimum Gasteiger partial charge on any atom is -0.325 e. The lowest BCUT2D eigenvalue weighted by molar-refractivity contribution is -0.136. The van der Waals surface area contributed by atoms with E-state index in [0.717, 1.165) is 5.56 Å². The molecule has 1 aliphatic heterocycles. The number of amides is 1. The monoisotopic (exact) mass is 397 g/mol. The zero-order chi connectivity index (χ0) is 20.0. The Bertz CT molecular complexity index is 932. The lowest BCUT2D eigenvalue weighted by atomic mass is 9.96. The summed E-state index contributed by atoms with van der Waals surface area (Å²) in [6, 6.07) is 20.0. The highest BCUT2D eigenvalue weighted by molar-refractivity contribution is 7.89. The molecule has 1 saturated heterocycles. The van der Waals surface area contributed by atoms with Crippen LogP contribution in [0.3, 0.4) is 0 Å². The van der Waals surface area contributed by atoms with Crippen molar-refractivity contribution in [2.24, 2.45) is 5.92 Å². The van der Waals surface area contributed by atoms with Crippen molar-refractivity contribution in [2.45, 2.75) is 24.3 Å². The van der Waals surface area contributed by atoms with Crippen LogP contribution in [0.1, 0.15) is 18.4 Å². The Morgan fingerprint density at radius 3 is 2.18 bits per heavy atom. The summed E-state index contributed by atoms with van der Waals surface area (Å²) in [4.78, 5) is 14.8. The van der Waals surface area contributed by atoms with Gasteiger partial charge in [-0.1, -0.05) is 48.5 Å². The largest absolute Gasteiger partial charge is 0.325 e. The molecule has 1 aliphatic rings. The maximum Gasteiger partial charge on any atom is 0.243 e. The summed E-state index contributed by atoms with van der Waals surface area (Å²) in [5.41, 5.74) is 0.968. The van der Waals surface area contributed by atoms with Crippen LogP contribution in [0, 0.1) is 17.2 Å². The van der Waals surface area contributed by atoms with E-state index in [9.17, 15) is 13.2 Å². The Morgan fingerprint density at radius 1 is 1.04 bits per heavy atom. The van der Waals surface area contributed by atoms with E-state index in [-0.39, 0.29) is 23.3 Å². The van der Waals surface area contributed by atoms with Gasteiger partial charge in [0, 0.05) is 25.6 Å². The molecule has 3 rings (SSSR count). The molecule has 1 amide bonds. The molecular weight excluding hydrogens is 374 g/mol. The van der Waals surface area contributed by atoms with Gasteiger partial charge in [-0.3, -0.25) is 4.79 Å². The standard InChI is InChI=1S/C21H23N3O3S/c22-13-16-23(17-18-7-3-1-4-8-18)21(25)19-11-14-24(15-12-19)28(26,27)20-9-5-2-6-10-20/h1-10,19H,11-12,14-17H2. The highest BCUT2D eigenvalue weighted by Gasteiger charge is 2.33. The normalized spacial score (nSPS) is 15.7. The van der Waals surface area contributed by atoms with Gasteiger partial charge in [-0.05, 0) is 30.5 Å². The number of hydrogen-bond donors (Lipinski definition) is 0. The zero-order valence-corrected chi connectivity index (χ0v) is 16.4. The van der Waals surface area contributed by atoms with Gasteiger partial charge in [0.25, 0.3) is 0 Å². The van der Waals surface area contributed by atoms with E-state index < -0.39 is 10.0 Å². The van der Waals surface area contributed by atoms with Crippen molar-refractivity contribution in [1.82, 2.24) is 9.21 Å². The lowest BCUT2D eigenvalue weighted by Crippen LogP contribution is -2.44. The molecular formula is C21H23N3O3S. The van der Waals surface area contributed by atoms with Crippen LogP contribution in [0.5, 0.6) is 0 Å². The first-order valence-electron chi connectivity index (χ1n) is 9.27. The molecule has 0 saturated carbocycles. The summed E-state index contributed by atoms with van der Waals surface area (Å²) >= 11 is 0. The zero-order valence-electron chi connectivity index (χ0n) is 15.6. The maximum atomic E-state index is 12.9. The first kappa shape index (κ1) is 20.1. The number of rotatable bonds is 6. The molecule has 2 aromatic carbocycles.